The van der Waals surface area contributed by atoms with Crippen LogP contribution in [-0.2, 0) is 4.79 Å². The van der Waals surface area contributed by atoms with Crippen molar-refractivity contribution in [3.63, 3.8) is 0 Å². The third-order valence-corrected chi connectivity index (χ3v) is 3.23. The van der Waals surface area contributed by atoms with Crippen molar-refractivity contribution < 1.29 is 14.3 Å². The Labute approximate surface area is 113 Å². The van der Waals surface area contributed by atoms with E-state index in [2.05, 4.69) is 5.32 Å². The number of amides is 1. The zero-order valence-corrected chi connectivity index (χ0v) is 11.1. The Morgan fingerprint density at radius 2 is 2.21 bits per heavy atom. The van der Waals surface area contributed by atoms with Gasteiger partial charge in [-0.2, -0.15) is 0 Å². The van der Waals surface area contributed by atoms with Crippen LogP contribution in [0, 0.1) is 0 Å². The van der Waals surface area contributed by atoms with Gasteiger partial charge in [0.1, 0.15) is 5.75 Å². The predicted octanol–water partition coefficient (Wildman–Crippen LogP) is 2.33. The molecule has 0 aliphatic carbocycles. The minimum Gasteiger partial charge on any atom is -0.493 e. The quantitative estimate of drug-likeness (QED) is 0.905. The van der Waals surface area contributed by atoms with E-state index in [1.54, 1.807) is 18.2 Å². The molecular weight excluding hydrogens is 242 g/mol. The zero-order chi connectivity index (χ0) is 13.7. The van der Waals surface area contributed by atoms with Gasteiger partial charge in [0.05, 0.1) is 18.2 Å². The zero-order valence-electron chi connectivity index (χ0n) is 11.1. The van der Waals surface area contributed by atoms with Crippen molar-refractivity contribution in [1.29, 1.82) is 0 Å². The Morgan fingerprint density at radius 1 is 1.42 bits per heavy atom. The van der Waals surface area contributed by atoms with Gasteiger partial charge in [0.2, 0.25) is 5.91 Å². The van der Waals surface area contributed by atoms with Gasteiger partial charge in [-0.15, -0.1) is 0 Å². The molecule has 0 saturated carbocycles. The number of carbonyl (C=O) groups is 2. The molecule has 0 radical (unpaired) electrons. The largest absolute Gasteiger partial charge is 0.493 e. The number of hydrogen-bond donors (Lipinski definition) is 1. The van der Waals surface area contributed by atoms with Crippen molar-refractivity contribution in [3.8, 4) is 5.75 Å². The van der Waals surface area contributed by atoms with E-state index < -0.39 is 6.04 Å². The summed E-state index contributed by atoms with van der Waals surface area (Å²) >= 11 is 0. The highest BCUT2D eigenvalue weighted by atomic mass is 16.5. The number of benzene rings is 1. The summed E-state index contributed by atoms with van der Waals surface area (Å²) in [7, 11) is 0. The molecular formula is C15H19NO3. The van der Waals surface area contributed by atoms with Crippen LogP contribution in [0.15, 0.2) is 24.3 Å². The molecule has 0 saturated heterocycles. The van der Waals surface area contributed by atoms with Crippen LogP contribution in [-0.4, -0.2) is 24.3 Å². The fourth-order valence-electron chi connectivity index (χ4n) is 2.14. The molecule has 0 bridgehead atoms. The highest BCUT2D eigenvalue weighted by molar-refractivity contribution is 6.04. The maximum absolute atomic E-state index is 12.4. The van der Waals surface area contributed by atoms with Crippen molar-refractivity contribution >= 4 is 11.7 Å². The monoisotopic (exact) mass is 261 g/mol. The van der Waals surface area contributed by atoms with Gasteiger partial charge >= 0.3 is 0 Å². The number of carbonyl (C=O) groups excluding carboxylic acids is 2. The molecule has 1 aliphatic rings. The third kappa shape index (κ3) is 3.34. The minimum atomic E-state index is -0.465. The summed E-state index contributed by atoms with van der Waals surface area (Å²) in [6, 6.07) is 6.71. The van der Waals surface area contributed by atoms with Crippen LogP contribution < -0.4 is 10.1 Å². The number of rotatable bonds is 4. The molecule has 1 unspecified atom stereocenters. The summed E-state index contributed by atoms with van der Waals surface area (Å²) in [5.74, 6) is 0.496. The smallest absolute Gasteiger partial charge is 0.220 e. The standard InChI is InChI=1S/C15H19NO3/c1-2-3-8-14(17)16-12-9-10-19-13-7-5-4-6-11(13)15(12)18/h4-7,12H,2-3,8-10H2,1H3,(H,16,17). The molecule has 1 aromatic rings. The average molecular weight is 261 g/mol. The van der Waals surface area contributed by atoms with E-state index in [-0.39, 0.29) is 11.7 Å². The SMILES string of the molecule is CCCCC(=O)NC1CCOc2ccccc2C1=O. The predicted molar refractivity (Wildman–Crippen MR) is 72.3 cm³/mol. The molecule has 1 N–H and O–H groups in total. The van der Waals surface area contributed by atoms with E-state index in [1.165, 1.54) is 0 Å². The Kier molecular flexibility index (Phi) is 4.55. The number of ether oxygens (including phenoxy) is 1. The van der Waals surface area contributed by atoms with Gasteiger partial charge in [0, 0.05) is 12.8 Å². The second kappa shape index (κ2) is 6.36. The van der Waals surface area contributed by atoms with Gasteiger partial charge in [0.15, 0.2) is 5.78 Å². The van der Waals surface area contributed by atoms with E-state index in [0.29, 0.717) is 30.8 Å². The lowest BCUT2D eigenvalue weighted by Crippen LogP contribution is -2.40. The highest BCUT2D eigenvalue weighted by Crippen LogP contribution is 2.23. The molecule has 19 heavy (non-hydrogen) atoms. The molecule has 2 rings (SSSR count). The Balaban J connectivity index is 2.07. The first kappa shape index (κ1) is 13.6. The number of hydrogen-bond acceptors (Lipinski definition) is 3. The summed E-state index contributed by atoms with van der Waals surface area (Å²) in [5, 5.41) is 2.82. The van der Waals surface area contributed by atoms with Gasteiger partial charge in [-0.1, -0.05) is 25.5 Å². The first-order valence-corrected chi connectivity index (χ1v) is 6.77. The second-order valence-electron chi connectivity index (χ2n) is 4.72. The van der Waals surface area contributed by atoms with Crippen molar-refractivity contribution in [2.24, 2.45) is 0 Å². The maximum atomic E-state index is 12.4. The molecule has 0 aromatic heterocycles. The molecule has 1 aromatic carbocycles. The molecule has 0 fully saturated rings. The molecule has 1 heterocycles. The molecule has 1 aliphatic heterocycles. The molecule has 0 spiro atoms. The van der Waals surface area contributed by atoms with Gasteiger partial charge in [0.25, 0.3) is 0 Å². The van der Waals surface area contributed by atoms with Crippen LogP contribution in [0.1, 0.15) is 43.0 Å². The Hall–Kier alpha value is -1.84. The normalized spacial score (nSPS) is 18.2. The highest BCUT2D eigenvalue weighted by Gasteiger charge is 2.27. The first-order chi connectivity index (χ1) is 9.22. The lowest BCUT2D eigenvalue weighted by atomic mass is 10.0. The van der Waals surface area contributed by atoms with Crippen LogP contribution in [0.5, 0.6) is 5.75 Å². The number of fused-ring (bicyclic) bond motifs is 1. The number of ketones is 1. The molecule has 102 valence electrons. The van der Waals surface area contributed by atoms with Gasteiger partial charge in [-0.05, 0) is 18.6 Å². The first-order valence-electron chi connectivity index (χ1n) is 6.77. The van der Waals surface area contributed by atoms with Gasteiger partial charge in [-0.25, -0.2) is 0 Å². The maximum Gasteiger partial charge on any atom is 0.220 e. The molecule has 1 atom stereocenters. The Bertz CT molecular complexity index is 470. The second-order valence-corrected chi connectivity index (χ2v) is 4.72. The van der Waals surface area contributed by atoms with Crippen molar-refractivity contribution in [2.75, 3.05) is 6.61 Å². The van der Waals surface area contributed by atoms with E-state index in [1.807, 2.05) is 13.0 Å². The number of Topliss-reactive ketones (excluding diaryl/α,β-unsaturated/α-hetero) is 1. The fourth-order valence-corrected chi connectivity index (χ4v) is 2.14. The van der Waals surface area contributed by atoms with Crippen molar-refractivity contribution in [3.05, 3.63) is 29.8 Å². The van der Waals surface area contributed by atoms with E-state index >= 15 is 0 Å². The summed E-state index contributed by atoms with van der Waals surface area (Å²) in [5.41, 5.74) is 0.556. The average Bonchev–Trinajstić information content (AvgIpc) is 2.58. The Morgan fingerprint density at radius 3 is 3.00 bits per heavy atom. The van der Waals surface area contributed by atoms with Crippen LogP contribution in [0.2, 0.25) is 0 Å². The summed E-state index contributed by atoms with van der Waals surface area (Å²) in [6.45, 7) is 2.48. The van der Waals surface area contributed by atoms with Crippen LogP contribution >= 0.6 is 0 Å². The fraction of sp³-hybridized carbons (Fsp3) is 0.467. The summed E-state index contributed by atoms with van der Waals surface area (Å²) < 4.78 is 5.54. The topological polar surface area (TPSA) is 55.4 Å². The minimum absolute atomic E-state index is 0.0559. The lowest BCUT2D eigenvalue weighted by molar-refractivity contribution is -0.121. The lowest BCUT2D eigenvalue weighted by Gasteiger charge is -2.14. The molecule has 1 amide bonds. The number of nitrogens with one attached hydrogen (secondary N) is 1. The van der Waals surface area contributed by atoms with Gasteiger partial charge < -0.3 is 10.1 Å². The molecule has 4 heteroatoms. The third-order valence-electron chi connectivity index (χ3n) is 3.23. The van der Waals surface area contributed by atoms with Gasteiger partial charge in [-0.3, -0.25) is 9.59 Å². The van der Waals surface area contributed by atoms with Crippen LogP contribution in [0.3, 0.4) is 0 Å². The van der Waals surface area contributed by atoms with Crippen LogP contribution in [0.4, 0.5) is 0 Å². The van der Waals surface area contributed by atoms with E-state index in [0.717, 1.165) is 12.8 Å². The van der Waals surface area contributed by atoms with E-state index in [9.17, 15) is 9.59 Å². The summed E-state index contributed by atoms with van der Waals surface area (Å²) in [4.78, 5) is 24.1. The number of para-hydroxylation sites is 1. The van der Waals surface area contributed by atoms with Crippen molar-refractivity contribution in [1.82, 2.24) is 5.32 Å². The summed E-state index contributed by atoms with van der Waals surface area (Å²) in [6.07, 6.45) is 2.81. The number of unbranched alkanes of at least 4 members (excludes halogenated alkanes) is 1. The van der Waals surface area contributed by atoms with E-state index in [4.69, 9.17) is 4.74 Å². The van der Waals surface area contributed by atoms with Crippen molar-refractivity contribution in [2.45, 2.75) is 38.6 Å². The molecule has 4 nitrogen and oxygen atoms in total. The van der Waals surface area contributed by atoms with Crippen LogP contribution in [0.25, 0.3) is 0 Å².